The summed E-state index contributed by atoms with van der Waals surface area (Å²) in [5.74, 6) is 0.590. The maximum absolute atomic E-state index is 11.5. The minimum Gasteiger partial charge on any atom is -0.465 e. The third kappa shape index (κ3) is 8.75. The number of hydrogen-bond acceptors (Lipinski definition) is 2. The zero-order valence-corrected chi connectivity index (χ0v) is 11.4. The Morgan fingerprint density at radius 2 is 1.69 bits per heavy atom. The lowest BCUT2D eigenvalue weighted by molar-refractivity contribution is -0.148. The lowest BCUT2D eigenvalue weighted by atomic mass is 9.99. The van der Waals surface area contributed by atoms with E-state index in [1.54, 1.807) is 0 Å². The molecule has 0 amide bonds. The molecule has 96 valence electrons. The normalized spacial score (nSPS) is 12.8. The SMILES string of the molecule is CCCCCCCOC(=O)C(C)CC(C)C. The summed E-state index contributed by atoms with van der Waals surface area (Å²) in [7, 11) is 0. The summed E-state index contributed by atoms with van der Waals surface area (Å²) < 4.78 is 5.25. The lowest BCUT2D eigenvalue weighted by Gasteiger charge is -2.13. The molecule has 2 nitrogen and oxygen atoms in total. The Bertz CT molecular complexity index is 176. The average molecular weight is 228 g/mol. The Hall–Kier alpha value is -0.530. The summed E-state index contributed by atoms with van der Waals surface area (Å²) in [6.45, 7) is 9.03. The van der Waals surface area contributed by atoms with Crippen LogP contribution in [0.4, 0.5) is 0 Å². The number of ether oxygens (including phenoxy) is 1. The molecular formula is C14H28O2. The molecule has 1 atom stereocenters. The predicted octanol–water partition coefficient (Wildman–Crippen LogP) is 4.18. The maximum Gasteiger partial charge on any atom is 0.308 e. The van der Waals surface area contributed by atoms with Gasteiger partial charge >= 0.3 is 5.97 Å². The molecule has 0 aromatic rings. The molecule has 0 aromatic carbocycles. The average Bonchev–Trinajstić information content (AvgIpc) is 2.21. The zero-order chi connectivity index (χ0) is 12.4. The van der Waals surface area contributed by atoms with Gasteiger partial charge in [-0.25, -0.2) is 0 Å². The second-order valence-electron chi connectivity index (χ2n) is 5.11. The smallest absolute Gasteiger partial charge is 0.308 e. The van der Waals surface area contributed by atoms with Crippen LogP contribution in [0, 0.1) is 11.8 Å². The van der Waals surface area contributed by atoms with E-state index in [0.717, 1.165) is 12.8 Å². The summed E-state index contributed by atoms with van der Waals surface area (Å²) >= 11 is 0. The van der Waals surface area contributed by atoms with E-state index >= 15 is 0 Å². The number of hydrogen-bond donors (Lipinski definition) is 0. The first-order chi connectivity index (χ1) is 7.57. The molecule has 0 radical (unpaired) electrons. The molecule has 0 saturated carbocycles. The van der Waals surface area contributed by atoms with Gasteiger partial charge in [0.1, 0.15) is 0 Å². The summed E-state index contributed by atoms with van der Waals surface area (Å²) in [5.41, 5.74) is 0. The van der Waals surface area contributed by atoms with E-state index in [4.69, 9.17) is 4.74 Å². The van der Waals surface area contributed by atoms with Crippen molar-refractivity contribution >= 4 is 5.97 Å². The minimum absolute atomic E-state index is 0.0239. The molecule has 0 aliphatic carbocycles. The fraction of sp³-hybridized carbons (Fsp3) is 0.929. The van der Waals surface area contributed by atoms with Gasteiger partial charge in [-0.1, -0.05) is 53.4 Å². The highest BCUT2D eigenvalue weighted by molar-refractivity contribution is 5.71. The van der Waals surface area contributed by atoms with E-state index in [1.807, 2.05) is 6.92 Å². The highest BCUT2D eigenvalue weighted by Crippen LogP contribution is 2.12. The van der Waals surface area contributed by atoms with Crippen LogP contribution in [0.3, 0.4) is 0 Å². The van der Waals surface area contributed by atoms with Gasteiger partial charge in [-0.2, -0.15) is 0 Å². The van der Waals surface area contributed by atoms with Crippen LogP contribution in [0.25, 0.3) is 0 Å². The van der Waals surface area contributed by atoms with E-state index < -0.39 is 0 Å². The van der Waals surface area contributed by atoms with Crippen molar-refractivity contribution < 1.29 is 9.53 Å². The van der Waals surface area contributed by atoms with Gasteiger partial charge in [0.15, 0.2) is 0 Å². The number of carbonyl (C=O) groups excluding carboxylic acids is 1. The Labute approximate surface area is 101 Å². The quantitative estimate of drug-likeness (QED) is 0.437. The Morgan fingerprint density at radius 1 is 1.06 bits per heavy atom. The third-order valence-corrected chi connectivity index (χ3v) is 2.72. The molecule has 0 N–H and O–H groups in total. The standard InChI is InChI=1S/C14H28O2/c1-5-6-7-8-9-10-16-14(15)13(4)11-12(2)3/h12-13H,5-11H2,1-4H3. The molecule has 0 bridgehead atoms. The van der Waals surface area contributed by atoms with E-state index in [0.29, 0.717) is 12.5 Å². The van der Waals surface area contributed by atoms with Crippen LogP contribution >= 0.6 is 0 Å². The first-order valence-corrected chi connectivity index (χ1v) is 6.74. The number of esters is 1. The highest BCUT2D eigenvalue weighted by atomic mass is 16.5. The van der Waals surface area contributed by atoms with Crippen molar-refractivity contribution in [1.29, 1.82) is 0 Å². The van der Waals surface area contributed by atoms with Gasteiger partial charge in [-0.05, 0) is 18.8 Å². The van der Waals surface area contributed by atoms with Crippen LogP contribution in [0.5, 0.6) is 0 Å². The van der Waals surface area contributed by atoms with Crippen molar-refractivity contribution in [2.45, 2.75) is 66.2 Å². The van der Waals surface area contributed by atoms with Crippen LogP contribution < -0.4 is 0 Å². The van der Waals surface area contributed by atoms with Gasteiger partial charge in [0, 0.05) is 0 Å². The van der Waals surface area contributed by atoms with Crippen molar-refractivity contribution in [1.82, 2.24) is 0 Å². The van der Waals surface area contributed by atoms with Crippen molar-refractivity contribution in [3.05, 3.63) is 0 Å². The topological polar surface area (TPSA) is 26.3 Å². The molecular weight excluding hydrogens is 200 g/mol. The summed E-state index contributed by atoms with van der Waals surface area (Å²) in [4.78, 5) is 11.5. The van der Waals surface area contributed by atoms with E-state index in [1.165, 1.54) is 25.7 Å². The van der Waals surface area contributed by atoms with Crippen LogP contribution in [-0.2, 0) is 9.53 Å². The van der Waals surface area contributed by atoms with Gasteiger partial charge < -0.3 is 4.74 Å². The first kappa shape index (κ1) is 15.5. The number of rotatable bonds is 9. The molecule has 0 spiro atoms. The second-order valence-corrected chi connectivity index (χ2v) is 5.11. The van der Waals surface area contributed by atoms with Gasteiger partial charge in [-0.3, -0.25) is 4.79 Å². The first-order valence-electron chi connectivity index (χ1n) is 6.74. The molecule has 0 fully saturated rings. The predicted molar refractivity (Wildman–Crippen MR) is 68.3 cm³/mol. The molecule has 0 aliphatic rings. The summed E-state index contributed by atoms with van der Waals surface area (Å²) in [5, 5.41) is 0. The van der Waals surface area contributed by atoms with E-state index in [-0.39, 0.29) is 11.9 Å². The van der Waals surface area contributed by atoms with Crippen molar-refractivity contribution in [2.75, 3.05) is 6.61 Å². The van der Waals surface area contributed by atoms with Crippen LogP contribution in [0.15, 0.2) is 0 Å². The Kier molecular flexibility index (Phi) is 9.36. The van der Waals surface area contributed by atoms with Crippen LogP contribution in [-0.4, -0.2) is 12.6 Å². The molecule has 0 rings (SSSR count). The van der Waals surface area contributed by atoms with Gasteiger partial charge in [0.05, 0.1) is 12.5 Å². The Balaban J connectivity index is 3.42. The third-order valence-electron chi connectivity index (χ3n) is 2.72. The summed E-state index contributed by atoms with van der Waals surface area (Å²) in [6.07, 6.45) is 6.92. The number of carbonyl (C=O) groups is 1. The van der Waals surface area contributed by atoms with Crippen molar-refractivity contribution in [3.63, 3.8) is 0 Å². The molecule has 0 heterocycles. The van der Waals surface area contributed by atoms with Gasteiger partial charge in [0.2, 0.25) is 0 Å². The van der Waals surface area contributed by atoms with E-state index in [2.05, 4.69) is 20.8 Å². The molecule has 0 aliphatic heterocycles. The molecule has 1 unspecified atom stereocenters. The highest BCUT2D eigenvalue weighted by Gasteiger charge is 2.15. The molecule has 16 heavy (non-hydrogen) atoms. The summed E-state index contributed by atoms with van der Waals surface area (Å²) in [6, 6.07) is 0. The zero-order valence-electron chi connectivity index (χ0n) is 11.4. The monoisotopic (exact) mass is 228 g/mol. The van der Waals surface area contributed by atoms with Crippen molar-refractivity contribution in [2.24, 2.45) is 11.8 Å². The minimum atomic E-state index is -0.0239. The molecule has 0 saturated heterocycles. The maximum atomic E-state index is 11.5. The second kappa shape index (κ2) is 9.68. The van der Waals surface area contributed by atoms with Gasteiger partial charge in [0.25, 0.3) is 0 Å². The van der Waals surface area contributed by atoms with Crippen molar-refractivity contribution in [3.8, 4) is 0 Å². The van der Waals surface area contributed by atoms with Crippen LogP contribution in [0.1, 0.15) is 66.2 Å². The fourth-order valence-electron chi connectivity index (χ4n) is 1.82. The molecule has 2 heteroatoms. The Morgan fingerprint density at radius 3 is 2.25 bits per heavy atom. The number of unbranched alkanes of at least 4 members (excludes halogenated alkanes) is 4. The lowest BCUT2D eigenvalue weighted by Crippen LogP contribution is -2.17. The van der Waals surface area contributed by atoms with Crippen LogP contribution in [0.2, 0.25) is 0 Å². The van der Waals surface area contributed by atoms with Gasteiger partial charge in [-0.15, -0.1) is 0 Å². The molecule has 0 aromatic heterocycles. The fourth-order valence-corrected chi connectivity index (χ4v) is 1.82. The largest absolute Gasteiger partial charge is 0.465 e. The van der Waals surface area contributed by atoms with E-state index in [9.17, 15) is 4.79 Å².